The average molecular weight is 422 g/mol. The average Bonchev–Trinajstić information content (AvgIpc) is 2.98. The number of carbonyl (C=O) groups excluding carboxylic acids is 2. The highest BCUT2D eigenvalue weighted by Crippen LogP contribution is 2.42. The van der Waals surface area contributed by atoms with E-state index in [1.165, 1.54) is 4.90 Å². The number of urea groups is 1. The summed E-state index contributed by atoms with van der Waals surface area (Å²) in [5.74, 6) is -0.298. The van der Waals surface area contributed by atoms with Gasteiger partial charge in [-0.05, 0) is 30.3 Å². The van der Waals surface area contributed by atoms with Crippen molar-refractivity contribution in [3.05, 3.63) is 101 Å². The van der Waals surface area contributed by atoms with Gasteiger partial charge in [0.15, 0.2) is 5.72 Å². The third-order valence-corrected chi connectivity index (χ3v) is 5.32. The number of aliphatic hydroxyl groups is 1. The van der Waals surface area contributed by atoms with E-state index < -0.39 is 5.72 Å². The number of fused-ring (bicyclic) bond motifs is 1. The van der Waals surface area contributed by atoms with Crippen molar-refractivity contribution in [2.24, 2.45) is 0 Å². The number of rotatable bonds is 5. The van der Waals surface area contributed by atoms with E-state index in [2.05, 4.69) is 10.6 Å². The van der Waals surface area contributed by atoms with Crippen molar-refractivity contribution < 1.29 is 14.7 Å². The first-order valence-corrected chi connectivity index (χ1v) is 9.88. The van der Waals surface area contributed by atoms with Gasteiger partial charge in [-0.2, -0.15) is 0 Å². The largest absolute Gasteiger partial charge is 0.363 e. The van der Waals surface area contributed by atoms with Crippen LogP contribution in [0.15, 0.2) is 78.9 Å². The van der Waals surface area contributed by atoms with Crippen molar-refractivity contribution in [2.45, 2.75) is 5.72 Å². The smallest absolute Gasteiger partial charge is 0.319 e. The molecule has 3 N–H and O–H groups in total. The molecule has 1 aliphatic rings. The van der Waals surface area contributed by atoms with Crippen LogP contribution in [-0.4, -0.2) is 35.0 Å². The molecule has 30 heavy (non-hydrogen) atoms. The molecule has 1 heterocycles. The van der Waals surface area contributed by atoms with Gasteiger partial charge in [0.05, 0.1) is 0 Å². The van der Waals surface area contributed by atoms with Gasteiger partial charge in [0.25, 0.3) is 5.91 Å². The van der Waals surface area contributed by atoms with Crippen LogP contribution in [0.1, 0.15) is 21.5 Å². The Kier molecular flexibility index (Phi) is 5.44. The molecule has 3 aromatic carbocycles. The summed E-state index contributed by atoms with van der Waals surface area (Å²) in [6, 6.07) is 22.4. The van der Waals surface area contributed by atoms with Crippen LogP contribution in [0.4, 0.5) is 10.5 Å². The lowest BCUT2D eigenvalue weighted by Crippen LogP contribution is -2.48. The van der Waals surface area contributed by atoms with Crippen LogP contribution in [0.5, 0.6) is 0 Å². The second-order valence-electron chi connectivity index (χ2n) is 6.93. The maximum atomic E-state index is 13.0. The Labute approximate surface area is 179 Å². The molecular weight excluding hydrogens is 402 g/mol. The van der Waals surface area contributed by atoms with E-state index in [1.807, 2.05) is 18.2 Å². The third-order valence-electron chi connectivity index (χ3n) is 5.07. The lowest BCUT2D eigenvalue weighted by molar-refractivity contribution is -0.0489. The molecule has 7 heteroatoms. The molecule has 0 unspecified atom stereocenters. The van der Waals surface area contributed by atoms with E-state index >= 15 is 0 Å². The van der Waals surface area contributed by atoms with Gasteiger partial charge in [0.1, 0.15) is 0 Å². The molecule has 3 aromatic rings. The number of nitrogens with zero attached hydrogens (tertiary/aromatic N) is 1. The van der Waals surface area contributed by atoms with Crippen LogP contribution in [0, 0.1) is 0 Å². The second kappa shape index (κ2) is 8.18. The molecule has 0 saturated heterocycles. The summed E-state index contributed by atoms with van der Waals surface area (Å²) >= 11 is 6.00. The topological polar surface area (TPSA) is 81.7 Å². The molecule has 0 aliphatic carbocycles. The molecule has 1 aliphatic heterocycles. The number of nitrogens with one attached hydrogen (secondary N) is 2. The van der Waals surface area contributed by atoms with Crippen LogP contribution in [0.2, 0.25) is 5.02 Å². The number of para-hydroxylation sites is 1. The number of halogens is 1. The predicted molar refractivity (Wildman–Crippen MR) is 115 cm³/mol. The third kappa shape index (κ3) is 3.63. The van der Waals surface area contributed by atoms with Gasteiger partial charge in [0, 0.05) is 40.5 Å². The minimum Gasteiger partial charge on any atom is -0.363 e. The highest BCUT2D eigenvalue weighted by atomic mass is 35.5. The van der Waals surface area contributed by atoms with Gasteiger partial charge in [0.2, 0.25) is 0 Å². The van der Waals surface area contributed by atoms with E-state index in [9.17, 15) is 14.7 Å². The van der Waals surface area contributed by atoms with E-state index in [0.29, 0.717) is 27.4 Å². The van der Waals surface area contributed by atoms with E-state index in [-0.39, 0.29) is 25.0 Å². The fraction of sp³-hybridized carbons (Fsp3) is 0.130. The lowest BCUT2D eigenvalue weighted by atomic mass is 9.94. The normalized spacial score (nSPS) is 17.5. The molecular formula is C23H20ClN3O3. The van der Waals surface area contributed by atoms with Gasteiger partial charge in [-0.15, -0.1) is 0 Å². The van der Waals surface area contributed by atoms with Gasteiger partial charge < -0.3 is 20.6 Å². The summed E-state index contributed by atoms with van der Waals surface area (Å²) in [7, 11) is 0. The Morgan fingerprint density at radius 3 is 2.37 bits per heavy atom. The molecule has 0 fully saturated rings. The molecule has 0 radical (unpaired) electrons. The summed E-state index contributed by atoms with van der Waals surface area (Å²) < 4.78 is 0. The molecule has 152 valence electrons. The van der Waals surface area contributed by atoms with Crippen molar-refractivity contribution in [2.75, 3.05) is 18.4 Å². The van der Waals surface area contributed by atoms with Crippen molar-refractivity contribution in [3.63, 3.8) is 0 Å². The molecule has 0 saturated carbocycles. The first-order chi connectivity index (χ1) is 14.5. The summed E-state index contributed by atoms with van der Waals surface area (Å²) in [5, 5.41) is 17.7. The summed E-state index contributed by atoms with van der Waals surface area (Å²) in [6.45, 7) is 0.281. The number of hydrogen-bond donors (Lipinski definition) is 3. The van der Waals surface area contributed by atoms with Crippen molar-refractivity contribution in [1.29, 1.82) is 0 Å². The monoisotopic (exact) mass is 421 g/mol. The number of amides is 3. The second-order valence-corrected chi connectivity index (χ2v) is 7.36. The Morgan fingerprint density at radius 2 is 1.63 bits per heavy atom. The first-order valence-electron chi connectivity index (χ1n) is 9.50. The Morgan fingerprint density at radius 1 is 0.967 bits per heavy atom. The summed E-state index contributed by atoms with van der Waals surface area (Å²) in [4.78, 5) is 26.5. The van der Waals surface area contributed by atoms with Crippen molar-refractivity contribution >= 4 is 29.2 Å². The maximum Gasteiger partial charge on any atom is 0.319 e. The van der Waals surface area contributed by atoms with Gasteiger partial charge in [-0.25, -0.2) is 4.79 Å². The van der Waals surface area contributed by atoms with Crippen LogP contribution in [-0.2, 0) is 5.72 Å². The number of benzene rings is 3. The minimum atomic E-state index is -1.64. The van der Waals surface area contributed by atoms with Gasteiger partial charge in [-0.3, -0.25) is 4.79 Å². The summed E-state index contributed by atoms with van der Waals surface area (Å²) in [6.07, 6.45) is 0. The standard InChI is InChI=1S/C23H20ClN3O3/c24-17-12-10-16(11-13-17)23(30)20-9-5-4-8-19(20)21(28)27(23)15-14-25-22(29)26-18-6-2-1-3-7-18/h1-13,30H,14-15H2,(H2,25,26,29)/t23-/m0/s1. The molecule has 0 bridgehead atoms. The summed E-state index contributed by atoms with van der Waals surface area (Å²) in [5.41, 5.74) is 0.488. The van der Waals surface area contributed by atoms with E-state index in [0.717, 1.165) is 0 Å². The Balaban J connectivity index is 1.53. The van der Waals surface area contributed by atoms with Gasteiger partial charge >= 0.3 is 6.03 Å². The minimum absolute atomic E-state index is 0.120. The number of hydrogen-bond acceptors (Lipinski definition) is 3. The van der Waals surface area contributed by atoms with Crippen LogP contribution >= 0.6 is 11.6 Å². The molecule has 6 nitrogen and oxygen atoms in total. The van der Waals surface area contributed by atoms with E-state index in [4.69, 9.17) is 11.6 Å². The molecule has 1 atom stereocenters. The zero-order valence-electron chi connectivity index (χ0n) is 16.0. The Hall–Kier alpha value is -3.35. The highest BCUT2D eigenvalue weighted by molar-refractivity contribution is 6.30. The number of anilines is 1. The fourth-order valence-corrected chi connectivity index (χ4v) is 3.77. The van der Waals surface area contributed by atoms with Crippen molar-refractivity contribution in [1.82, 2.24) is 10.2 Å². The lowest BCUT2D eigenvalue weighted by Gasteiger charge is -2.35. The maximum absolute atomic E-state index is 13.0. The first kappa shape index (κ1) is 19.9. The molecule has 0 aromatic heterocycles. The zero-order chi connectivity index (χ0) is 21.1. The highest BCUT2D eigenvalue weighted by Gasteiger charge is 2.49. The Bertz CT molecular complexity index is 1070. The van der Waals surface area contributed by atoms with Crippen LogP contribution in [0.3, 0.4) is 0 Å². The fourth-order valence-electron chi connectivity index (χ4n) is 3.65. The van der Waals surface area contributed by atoms with E-state index in [1.54, 1.807) is 60.7 Å². The van der Waals surface area contributed by atoms with Crippen LogP contribution < -0.4 is 10.6 Å². The van der Waals surface area contributed by atoms with Crippen LogP contribution in [0.25, 0.3) is 0 Å². The molecule has 3 amide bonds. The molecule has 0 spiro atoms. The number of carbonyl (C=O) groups is 2. The van der Waals surface area contributed by atoms with Gasteiger partial charge in [-0.1, -0.05) is 60.1 Å². The zero-order valence-corrected chi connectivity index (χ0v) is 16.8. The predicted octanol–water partition coefficient (Wildman–Crippen LogP) is 3.81. The quantitative estimate of drug-likeness (QED) is 0.586. The van der Waals surface area contributed by atoms with Crippen molar-refractivity contribution in [3.8, 4) is 0 Å². The SMILES string of the molecule is O=C(NCCN1C(=O)c2ccccc2[C@@]1(O)c1ccc(Cl)cc1)Nc1ccccc1. The molecule has 4 rings (SSSR count).